The Labute approximate surface area is 154 Å². The van der Waals surface area contributed by atoms with Gasteiger partial charge in [-0.25, -0.2) is 9.67 Å². The number of nitrogens with zero attached hydrogens (tertiary/aromatic N) is 4. The van der Waals surface area contributed by atoms with Gasteiger partial charge in [-0.05, 0) is 13.0 Å². The minimum atomic E-state index is -0.263. The summed E-state index contributed by atoms with van der Waals surface area (Å²) in [4.78, 5) is 31.3. The van der Waals surface area contributed by atoms with Crippen molar-refractivity contribution in [2.75, 3.05) is 20.3 Å². The zero-order chi connectivity index (χ0) is 18.5. The number of carbonyl (C=O) groups excluding carboxylic acids is 1. The molecule has 0 N–H and O–H groups in total. The molecule has 2 aromatic heterocycles. The zero-order valence-corrected chi connectivity index (χ0v) is 15.5. The van der Waals surface area contributed by atoms with Gasteiger partial charge >= 0.3 is 0 Å². The molecule has 0 spiro atoms. The Hall–Kier alpha value is -2.58. The number of aromatic nitrogens is 3. The zero-order valence-electron chi connectivity index (χ0n) is 14.7. The maximum absolute atomic E-state index is 12.8. The quantitative estimate of drug-likeness (QED) is 0.632. The van der Waals surface area contributed by atoms with E-state index >= 15 is 0 Å². The van der Waals surface area contributed by atoms with E-state index in [4.69, 9.17) is 4.74 Å². The molecule has 7 nitrogen and oxygen atoms in total. The average molecular weight is 372 g/mol. The van der Waals surface area contributed by atoms with Gasteiger partial charge < -0.3 is 9.64 Å². The number of rotatable bonds is 7. The van der Waals surface area contributed by atoms with Crippen LogP contribution in [0.1, 0.15) is 10.7 Å². The number of benzene rings is 1. The highest BCUT2D eigenvalue weighted by molar-refractivity contribution is 7.09. The highest BCUT2D eigenvalue weighted by Crippen LogP contribution is 2.12. The summed E-state index contributed by atoms with van der Waals surface area (Å²) < 4.78 is 6.34. The molecule has 0 saturated carbocycles. The minimum absolute atomic E-state index is 0.112. The van der Waals surface area contributed by atoms with Crippen LogP contribution < -0.4 is 5.56 Å². The van der Waals surface area contributed by atoms with Gasteiger partial charge in [-0.1, -0.05) is 18.2 Å². The van der Waals surface area contributed by atoms with Crippen molar-refractivity contribution in [2.45, 2.75) is 20.0 Å². The maximum Gasteiger partial charge on any atom is 0.275 e. The monoisotopic (exact) mass is 372 g/mol. The van der Waals surface area contributed by atoms with E-state index in [1.807, 2.05) is 30.5 Å². The molecule has 0 bridgehead atoms. The lowest BCUT2D eigenvalue weighted by Crippen LogP contribution is -2.39. The molecule has 0 radical (unpaired) electrons. The predicted octanol–water partition coefficient (Wildman–Crippen LogP) is 1.84. The Kier molecular flexibility index (Phi) is 5.75. The minimum Gasteiger partial charge on any atom is -0.383 e. The first-order valence-electron chi connectivity index (χ1n) is 8.21. The molecule has 0 aliphatic heterocycles. The van der Waals surface area contributed by atoms with Gasteiger partial charge in [0.1, 0.15) is 11.6 Å². The van der Waals surface area contributed by atoms with Gasteiger partial charge in [0.25, 0.3) is 5.56 Å². The lowest BCUT2D eigenvalue weighted by molar-refractivity contribution is -0.133. The summed E-state index contributed by atoms with van der Waals surface area (Å²) in [5, 5.41) is 8.39. The third-order valence-corrected chi connectivity index (χ3v) is 4.83. The van der Waals surface area contributed by atoms with Gasteiger partial charge in [-0.2, -0.15) is 5.10 Å². The fourth-order valence-electron chi connectivity index (χ4n) is 2.73. The van der Waals surface area contributed by atoms with Crippen LogP contribution in [0, 0.1) is 6.92 Å². The lowest BCUT2D eigenvalue weighted by atomic mass is 10.1. The van der Waals surface area contributed by atoms with Crippen molar-refractivity contribution in [1.82, 2.24) is 19.7 Å². The molecule has 3 aromatic rings. The third-order valence-electron chi connectivity index (χ3n) is 4.07. The standard InChI is InChI=1S/C18H20N4O3S/c1-13-14-5-3-4-6-15(14)18(24)22(20-13)12-17(23)21(8-9-25-2)11-16-19-7-10-26-16/h3-7,10H,8-9,11-12H2,1-2H3. The maximum atomic E-state index is 12.8. The molecule has 0 atom stereocenters. The molecule has 136 valence electrons. The fourth-order valence-corrected chi connectivity index (χ4v) is 3.36. The molecular weight excluding hydrogens is 352 g/mol. The molecule has 0 fully saturated rings. The molecule has 0 unspecified atom stereocenters. The number of fused-ring (bicyclic) bond motifs is 1. The second-order valence-corrected chi connectivity index (χ2v) is 6.81. The number of thiazole rings is 1. The van der Waals surface area contributed by atoms with E-state index in [9.17, 15) is 9.59 Å². The Morgan fingerprint density at radius 1 is 1.31 bits per heavy atom. The molecule has 1 aromatic carbocycles. The Morgan fingerprint density at radius 3 is 2.77 bits per heavy atom. The molecule has 2 heterocycles. The van der Waals surface area contributed by atoms with Crippen LogP contribution in [0.5, 0.6) is 0 Å². The first-order chi connectivity index (χ1) is 12.6. The number of carbonyl (C=O) groups is 1. The van der Waals surface area contributed by atoms with E-state index in [0.717, 1.165) is 16.1 Å². The molecule has 8 heteroatoms. The lowest BCUT2D eigenvalue weighted by Gasteiger charge is -2.21. The third kappa shape index (κ3) is 3.97. The summed E-state index contributed by atoms with van der Waals surface area (Å²) >= 11 is 1.49. The first kappa shape index (κ1) is 18.2. The molecule has 0 saturated heterocycles. The normalized spacial score (nSPS) is 11.0. The molecule has 0 aliphatic rings. The van der Waals surface area contributed by atoms with Crippen LogP contribution in [0.3, 0.4) is 0 Å². The number of aryl methyl sites for hydroxylation is 1. The van der Waals surface area contributed by atoms with Crippen LogP contribution in [0.15, 0.2) is 40.6 Å². The van der Waals surface area contributed by atoms with Crippen molar-refractivity contribution >= 4 is 28.0 Å². The van der Waals surface area contributed by atoms with Gasteiger partial charge in [-0.15, -0.1) is 11.3 Å². The van der Waals surface area contributed by atoms with E-state index in [0.29, 0.717) is 25.1 Å². The van der Waals surface area contributed by atoms with Crippen molar-refractivity contribution in [3.8, 4) is 0 Å². The average Bonchev–Trinajstić information content (AvgIpc) is 3.16. The second kappa shape index (κ2) is 8.20. The SMILES string of the molecule is COCCN(Cc1nccs1)C(=O)Cn1nc(C)c2ccccc2c1=O. The van der Waals surface area contributed by atoms with E-state index < -0.39 is 0 Å². The van der Waals surface area contributed by atoms with Crippen LogP contribution in [0.25, 0.3) is 10.8 Å². The number of methoxy groups -OCH3 is 1. The van der Waals surface area contributed by atoms with Crippen LogP contribution in [0.2, 0.25) is 0 Å². The number of amides is 1. The largest absolute Gasteiger partial charge is 0.383 e. The Morgan fingerprint density at radius 2 is 2.08 bits per heavy atom. The van der Waals surface area contributed by atoms with Gasteiger partial charge in [0.05, 0.1) is 24.2 Å². The summed E-state index contributed by atoms with van der Waals surface area (Å²) in [6.07, 6.45) is 1.71. The van der Waals surface area contributed by atoms with Gasteiger partial charge in [0.15, 0.2) is 0 Å². The summed E-state index contributed by atoms with van der Waals surface area (Å²) in [7, 11) is 1.59. The van der Waals surface area contributed by atoms with E-state index in [1.54, 1.807) is 24.3 Å². The van der Waals surface area contributed by atoms with Gasteiger partial charge in [0.2, 0.25) is 5.91 Å². The summed E-state index contributed by atoms with van der Waals surface area (Å²) in [5.41, 5.74) is 0.455. The highest BCUT2D eigenvalue weighted by atomic mass is 32.1. The van der Waals surface area contributed by atoms with E-state index in [-0.39, 0.29) is 18.0 Å². The molecule has 3 rings (SSSR count). The fraction of sp³-hybridized carbons (Fsp3) is 0.333. The van der Waals surface area contributed by atoms with Crippen molar-refractivity contribution in [1.29, 1.82) is 0 Å². The van der Waals surface area contributed by atoms with Crippen molar-refractivity contribution in [3.05, 3.63) is 56.9 Å². The molecular formula is C18H20N4O3S. The predicted molar refractivity (Wildman–Crippen MR) is 100 cm³/mol. The highest BCUT2D eigenvalue weighted by Gasteiger charge is 2.18. The van der Waals surface area contributed by atoms with E-state index in [1.165, 1.54) is 16.0 Å². The van der Waals surface area contributed by atoms with Crippen LogP contribution in [-0.4, -0.2) is 45.8 Å². The number of ether oxygens (including phenoxy) is 1. The van der Waals surface area contributed by atoms with E-state index in [2.05, 4.69) is 10.1 Å². The number of hydrogen-bond donors (Lipinski definition) is 0. The molecule has 1 amide bonds. The smallest absolute Gasteiger partial charge is 0.275 e. The van der Waals surface area contributed by atoms with Crippen LogP contribution >= 0.6 is 11.3 Å². The van der Waals surface area contributed by atoms with Crippen LogP contribution in [-0.2, 0) is 22.6 Å². The summed E-state index contributed by atoms with van der Waals surface area (Å²) in [5.74, 6) is -0.193. The summed E-state index contributed by atoms with van der Waals surface area (Å²) in [6, 6.07) is 7.29. The number of hydrogen-bond acceptors (Lipinski definition) is 6. The second-order valence-electron chi connectivity index (χ2n) is 5.83. The molecule has 26 heavy (non-hydrogen) atoms. The summed E-state index contributed by atoms with van der Waals surface area (Å²) in [6.45, 7) is 2.95. The Balaban J connectivity index is 1.85. The van der Waals surface area contributed by atoms with Gasteiger partial charge in [0, 0.05) is 30.6 Å². The first-order valence-corrected chi connectivity index (χ1v) is 9.09. The molecule has 0 aliphatic carbocycles. The van der Waals surface area contributed by atoms with Crippen molar-refractivity contribution < 1.29 is 9.53 Å². The van der Waals surface area contributed by atoms with Crippen molar-refractivity contribution in [2.24, 2.45) is 0 Å². The van der Waals surface area contributed by atoms with Crippen molar-refractivity contribution in [3.63, 3.8) is 0 Å². The van der Waals surface area contributed by atoms with Gasteiger partial charge in [-0.3, -0.25) is 9.59 Å². The van der Waals surface area contributed by atoms with Crippen LogP contribution in [0.4, 0.5) is 0 Å². The Bertz CT molecular complexity index is 953. The topological polar surface area (TPSA) is 77.3 Å².